The Morgan fingerprint density at radius 2 is 2.21 bits per heavy atom. The minimum absolute atomic E-state index is 0.342. The van der Waals surface area contributed by atoms with Gasteiger partial charge in [-0.25, -0.2) is 9.78 Å². The zero-order chi connectivity index (χ0) is 14.0. The second kappa shape index (κ2) is 5.90. The van der Waals surface area contributed by atoms with Gasteiger partial charge < -0.3 is 9.64 Å². The molecule has 1 aromatic rings. The molecule has 0 saturated heterocycles. The molecule has 0 N–H and O–H groups in total. The average Bonchev–Trinajstić information content (AvgIpc) is 2.79. The van der Waals surface area contributed by atoms with Crippen LogP contribution in [0.3, 0.4) is 0 Å². The van der Waals surface area contributed by atoms with Gasteiger partial charge in [0.05, 0.1) is 7.11 Å². The van der Waals surface area contributed by atoms with E-state index in [1.165, 1.54) is 32.8 Å². The van der Waals surface area contributed by atoms with Crippen LogP contribution in [0.15, 0.2) is 0 Å². The van der Waals surface area contributed by atoms with E-state index in [-0.39, 0.29) is 5.97 Å². The van der Waals surface area contributed by atoms with Crippen LogP contribution >= 0.6 is 11.3 Å². The molecule has 0 spiro atoms. The quantitative estimate of drug-likeness (QED) is 0.798. The highest BCUT2D eigenvalue weighted by molar-refractivity contribution is 7.15. The SMILES string of the molecule is COC(=O)c1nc(N(C)C2CCCC(C)C2)sc1C. The molecular formula is C14H22N2O2S. The van der Waals surface area contributed by atoms with Crippen molar-refractivity contribution in [2.75, 3.05) is 19.1 Å². The number of carbonyl (C=O) groups is 1. The number of hydrogen-bond acceptors (Lipinski definition) is 5. The molecule has 1 aromatic heterocycles. The number of nitrogens with zero attached hydrogens (tertiary/aromatic N) is 2. The van der Waals surface area contributed by atoms with E-state index in [0.717, 1.165) is 15.9 Å². The van der Waals surface area contributed by atoms with Crippen molar-refractivity contribution in [3.05, 3.63) is 10.6 Å². The molecule has 19 heavy (non-hydrogen) atoms. The van der Waals surface area contributed by atoms with E-state index in [1.54, 1.807) is 11.3 Å². The molecule has 0 amide bonds. The maximum absolute atomic E-state index is 11.6. The minimum Gasteiger partial charge on any atom is -0.464 e. The van der Waals surface area contributed by atoms with Crippen LogP contribution in [-0.2, 0) is 4.74 Å². The first-order valence-electron chi connectivity index (χ1n) is 6.81. The summed E-state index contributed by atoms with van der Waals surface area (Å²) in [7, 11) is 3.48. The molecule has 1 saturated carbocycles. The number of esters is 1. The summed E-state index contributed by atoms with van der Waals surface area (Å²) in [6.07, 6.45) is 5.04. The smallest absolute Gasteiger partial charge is 0.357 e. The summed E-state index contributed by atoms with van der Waals surface area (Å²) in [6, 6.07) is 0.541. The Bertz CT molecular complexity index is 458. The highest BCUT2D eigenvalue weighted by atomic mass is 32.1. The summed E-state index contributed by atoms with van der Waals surface area (Å²) in [4.78, 5) is 19.2. The summed E-state index contributed by atoms with van der Waals surface area (Å²) in [5.41, 5.74) is 0.457. The summed E-state index contributed by atoms with van der Waals surface area (Å²) < 4.78 is 4.76. The van der Waals surface area contributed by atoms with Gasteiger partial charge in [-0.2, -0.15) is 0 Å². The van der Waals surface area contributed by atoms with Gasteiger partial charge in [-0.15, -0.1) is 11.3 Å². The van der Waals surface area contributed by atoms with Crippen LogP contribution in [0.25, 0.3) is 0 Å². The fraction of sp³-hybridized carbons (Fsp3) is 0.714. The van der Waals surface area contributed by atoms with Gasteiger partial charge in [0, 0.05) is 18.0 Å². The molecule has 4 nitrogen and oxygen atoms in total. The predicted molar refractivity (Wildman–Crippen MR) is 78.0 cm³/mol. The fourth-order valence-corrected chi connectivity index (χ4v) is 3.66. The Hall–Kier alpha value is -1.10. The van der Waals surface area contributed by atoms with Crippen molar-refractivity contribution in [1.82, 2.24) is 4.98 Å². The van der Waals surface area contributed by atoms with E-state index in [2.05, 4.69) is 23.9 Å². The predicted octanol–water partition coefficient (Wildman–Crippen LogP) is 3.25. The molecule has 1 fully saturated rings. The minimum atomic E-state index is -0.342. The molecule has 0 bridgehead atoms. The van der Waals surface area contributed by atoms with E-state index in [4.69, 9.17) is 4.74 Å². The van der Waals surface area contributed by atoms with Gasteiger partial charge in [-0.3, -0.25) is 0 Å². The molecule has 1 heterocycles. The third-order valence-electron chi connectivity index (χ3n) is 3.92. The first-order chi connectivity index (χ1) is 9.02. The summed E-state index contributed by atoms with van der Waals surface area (Å²) in [5, 5.41) is 0.928. The Labute approximate surface area is 118 Å². The number of rotatable bonds is 3. The first-order valence-corrected chi connectivity index (χ1v) is 7.63. The lowest BCUT2D eigenvalue weighted by Gasteiger charge is -2.33. The van der Waals surface area contributed by atoms with Crippen molar-refractivity contribution in [2.24, 2.45) is 5.92 Å². The van der Waals surface area contributed by atoms with Crippen molar-refractivity contribution in [3.63, 3.8) is 0 Å². The lowest BCUT2D eigenvalue weighted by molar-refractivity contribution is 0.0594. The number of anilines is 1. The summed E-state index contributed by atoms with van der Waals surface area (Å²) in [5.74, 6) is 0.438. The van der Waals surface area contributed by atoms with Crippen LogP contribution < -0.4 is 4.90 Å². The maximum Gasteiger partial charge on any atom is 0.357 e. The van der Waals surface area contributed by atoms with Gasteiger partial charge in [-0.05, 0) is 25.7 Å². The van der Waals surface area contributed by atoms with Crippen molar-refractivity contribution in [3.8, 4) is 0 Å². The van der Waals surface area contributed by atoms with Crippen molar-refractivity contribution < 1.29 is 9.53 Å². The van der Waals surface area contributed by atoms with E-state index in [1.807, 2.05) is 6.92 Å². The molecule has 2 unspecified atom stereocenters. The van der Waals surface area contributed by atoms with Crippen LogP contribution in [0.2, 0.25) is 0 Å². The molecule has 0 radical (unpaired) electrons. The number of ether oxygens (including phenoxy) is 1. The van der Waals surface area contributed by atoms with Crippen LogP contribution in [0.1, 0.15) is 48.0 Å². The number of thiazole rings is 1. The van der Waals surface area contributed by atoms with Gasteiger partial charge in [0.25, 0.3) is 0 Å². The lowest BCUT2D eigenvalue weighted by Crippen LogP contribution is -2.35. The normalized spacial score (nSPS) is 23.2. The third kappa shape index (κ3) is 3.08. The highest BCUT2D eigenvalue weighted by Crippen LogP contribution is 2.32. The average molecular weight is 282 g/mol. The van der Waals surface area contributed by atoms with E-state index >= 15 is 0 Å². The first kappa shape index (κ1) is 14.3. The van der Waals surface area contributed by atoms with Crippen LogP contribution in [0.4, 0.5) is 5.13 Å². The molecule has 0 aliphatic heterocycles. The highest BCUT2D eigenvalue weighted by Gasteiger charge is 2.26. The third-order valence-corrected chi connectivity index (χ3v) is 4.98. The number of carbonyl (C=O) groups excluding carboxylic acids is 1. The fourth-order valence-electron chi connectivity index (χ4n) is 2.73. The van der Waals surface area contributed by atoms with Crippen LogP contribution in [0, 0.1) is 12.8 Å². The van der Waals surface area contributed by atoms with E-state index in [9.17, 15) is 4.79 Å². The Balaban J connectivity index is 2.15. The van der Waals surface area contributed by atoms with Gasteiger partial charge in [0.15, 0.2) is 10.8 Å². The summed E-state index contributed by atoms with van der Waals surface area (Å²) in [6.45, 7) is 4.23. The van der Waals surface area contributed by atoms with Gasteiger partial charge >= 0.3 is 5.97 Å². The molecule has 106 valence electrons. The molecular weight excluding hydrogens is 260 g/mol. The van der Waals surface area contributed by atoms with Crippen molar-refractivity contribution in [2.45, 2.75) is 45.6 Å². The maximum atomic E-state index is 11.6. The molecule has 2 atom stereocenters. The monoisotopic (exact) mass is 282 g/mol. The number of aryl methyl sites for hydroxylation is 1. The largest absolute Gasteiger partial charge is 0.464 e. The number of aromatic nitrogens is 1. The van der Waals surface area contributed by atoms with E-state index < -0.39 is 0 Å². The molecule has 1 aliphatic rings. The van der Waals surface area contributed by atoms with Crippen molar-refractivity contribution >= 4 is 22.4 Å². The van der Waals surface area contributed by atoms with Crippen molar-refractivity contribution in [1.29, 1.82) is 0 Å². The number of methoxy groups -OCH3 is 1. The zero-order valence-electron chi connectivity index (χ0n) is 12.1. The summed E-state index contributed by atoms with van der Waals surface area (Å²) >= 11 is 1.58. The second-order valence-corrected chi connectivity index (χ2v) is 6.61. The Morgan fingerprint density at radius 3 is 2.84 bits per heavy atom. The topological polar surface area (TPSA) is 42.4 Å². The Morgan fingerprint density at radius 1 is 1.47 bits per heavy atom. The van der Waals surface area contributed by atoms with Gasteiger partial charge in [-0.1, -0.05) is 19.8 Å². The standard InChI is InChI=1S/C14H22N2O2S/c1-9-6-5-7-11(8-9)16(3)14-15-12(10(2)19-14)13(17)18-4/h9,11H,5-8H2,1-4H3. The Kier molecular flexibility index (Phi) is 4.45. The zero-order valence-corrected chi connectivity index (χ0v) is 12.9. The molecule has 2 rings (SSSR count). The second-order valence-electron chi connectivity index (χ2n) is 5.43. The molecule has 5 heteroatoms. The number of hydrogen-bond donors (Lipinski definition) is 0. The molecule has 1 aliphatic carbocycles. The lowest BCUT2D eigenvalue weighted by atomic mass is 9.86. The van der Waals surface area contributed by atoms with Gasteiger partial charge in [0.1, 0.15) is 0 Å². The van der Waals surface area contributed by atoms with Crippen LogP contribution in [-0.4, -0.2) is 31.2 Å². The molecule has 0 aromatic carbocycles. The van der Waals surface area contributed by atoms with Gasteiger partial charge in [0.2, 0.25) is 0 Å². The van der Waals surface area contributed by atoms with E-state index in [0.29, 0.717) is 11.7 Å². The van der Waals surface area contributed by atoms with Crippen LogP contribution in [0.5, 0.6) is 0 Å².